The van der Waals surface area contributed by atoms with E-state index >= 15 is 0 Å². The Bertz CT molecular complexity index is 1420. The Morgan fingerprint density at radius 1 is 1.02 bits per heavy atom. The highest BCUT2D eigenvalue weighted by Gasteiger charge is 2.62. The van der Waals surface area contributed by atoms with Crippen LogP contribution in [0.15, 0.2) is 30.3 Å². The van der Waals surface area contributed by atoms with Gasteiger partial charge in [-0.05, 0) is 48.7 Å². The summed E-state index contributed by atoms with van der Waals surface area (Å²) in [5.74, 6) is 0.466. The third-order valence-corrected chi connectivity index (χ3v) is 8.43. The van der Waals surface area contributed by atoms with Crippen molar-refractivity contribution < 1.29 is 31.4 Å². The summed E-state index contributed by atoms with van der Waals surface area (Å²) >= 11 is 6.28. The molecule has 6 rings (SSSR count). The van der Waals surface area contributed by atoms with Crippen molar-refractivity contribution >= 4 is 17.4 Å². The standard InChI is InChI=1S/C26H25ClF6N6O/c27-16-1-3-19-15(9-16)12-38(17-10-25(40,11-17)26(31,32)33)13-21-35-36-24(39(19)21)14-5-7-37(8-6-14)20-4-2-18(28)22(34-20)23(29)30/h1-4,9,14,17,23,40H,5-8,10-13H2. The van der Waals surface area contributed by atoms with Crippen molar-refractivity contribution in [3.05, 3.63) is 64.1 Å². The predicted molar refractivity (Wildman–Crippen MR) is 133 cm³/mol. The number of anilines is 1. The van der Waals surface area contributed by atoms with E-state index in [1.165, 1.54) is 6.07 Å². The first kappa shape index (κ1) is 27.3. The van der Waals surface area contributed by atoms with Crippen LogP contribution in [0.5, 0.6) is 0 Å². The fourth-order valence-electron chi connectivity index (χ4n) is 5.93. The molecule has 0 atom stereocenters. The van der Waals surface area contributed by atoms with Crippen LogP contribution in [0.1, 0.15) is 60.9 Å². The van der Waals surface area contributed by atoms with E-state index in [0.29, 0.717) is 49.1 Å². The number of rotatable bonds is 4. The summed E-state index contributed by atoms with van der Waals surface area (Å²) in [4.78, 5) is 7.53. The van der Waals surface area contributed by atoms with Gasteiger partial charge in [0, 0.05) is 49.5 Å². The Labute approximate surface area is 230 Å². The number of alkyl halides is 5. The van der Waals surface area contributed by atoms with Gasteiger partial charge in [-0.25, -0.2) is 18.2 Å². The van der Waals surface area contributed by atoms with Crippen LogP contribution >= 0.6 is 11.6 Å². The van der Waals surface area contributed by atoms with Gasteiger partial charge in [0.15, 0.2) is 17.2 Å². The van der Waals surface area contributed by atoms with Gasteiger partial charge in [-0.2, -0.15) is 13.2 Å². The molecule has 1 N–H and O–H groups in total. The van der Waals surface area contributed by atoms with E-state index in [1.807, 2.05) is 20.4 Å². The number of fused-ring (bicyclic) bond motifs is 3. The fraction of sp³-hybridized carbons (Fsp3) is 0.500. The summed E-state index contributed by atoms with van der Waals surface area (Å²) < 4.78 is 81.8. The molecule has 1 aliphatic carbocycles. The van der Waals surface area contributed by atoms with Crippen LogP contribution in [-0.4, -0.2) is 60.7 Å². The molecular formula is C26H25ClF6N6O. The summed E-state index contributed by atoms with van der Waals surface area (Å²) in [6.45, 7) is 1.53. The van der Waals surface area contributed by atoms with Gasteiger partial charge in [0.1, 0.15) is 17.3 Å². The van der Waals surface area contributed by atoms with Crippen LogP contribution < -0.4 is 4.90 Å². The number of hydrogen-bond donors (Lipinski definition) is 1. The molecule has 0 spiro atoms. The molecule has 214 valence electrons. The lowest BCUT2D eigenvalue weighted by Gasteiger charge is -2.48. The molecule has 3 aromatic rings. The highest BCUT2D eigenvalue weighted by atomic mass is 35.5. The molecule has 0 unspecified atom stereocenters. The number of pyridine rings is 1. The van der Waals surface area contributed by atoms with Crippen molar-refractivity contribution in [2.45, 2.75) is 68.9 Å². The molecule has 2 aliphatic heterocycles. The molecule has 14 heteroatoms. The van der Waals surface area contributed by atoms with Gasteiger partial charge in [0.25, 0.3) is 6.43 Å². The van der Waals surface area contributed by atoms with E-state index in [1.54, 1.807) is 12.1 Å². The van der Waals surface area contributed by atoms with E-state index in [4.69, 9.17) is 11.6 Å². The van der Waals surface area contributed by atoms with E-state index < -0.39 is 48.6 Å². The van der Waals surface area contributed by atoms with Crippen LogP contribution in [0.2, 0.25) is 5.02 Å². The number of nitrogens with zero attached hydrogens (tertiary/aromatic N) is 6. The van der Waals surface area contributed by atoms with E-state index in [-0.39, 0.29) is 18.3 Å². The Kier molecular flexibility index (Phi) is 6.74. The molecule has 40 heavy (non-hydrogen) atoms. The molecule has 1 saturated heterocycles. The first-order chi connectivity index (χ1) is 18.9. The van der Waals surface area contributed by atoms with Gasteiger partial charge in [-0.15, -0.1) is 10.2 Å². The number of halogens is 7. The molecule has 0 radical (unpaired) electrons. The van der Waals surface area contributed by atoms with Crippen LogP contribution in [0.3, 0.4) is 0 Å². The lowest BCUT2D eigenvalue weighted by molar-refractivity contribution is -0.300. The van der Waals surface area contributed by atoms with Gasteiger partial charge < -0.3 is 10.0 Å². The van der Waals surface area contributed by atoms with Crippen LogP contribution in [0.4, 0.5) is 32.2 Å². The minimum atomic E-state index is -4.69. The normalized spacial score (nSPS) is 24.0. The highest BCUT2D eigenvalue weighted by molar-refractivity contribution is 6.30. The van der Waals surface area contributed by atoms with E-state index in [9.17, 15) is 31.4 Å². The molecular weight excluding hydrogens is 562 g/mol. The highest BCUT2D eigenvalue weighted by Crippen LogP contribution is 2.48. The maximum atomic E-state index is 13.7. The largest absolute Gasteiger partial charge is 0.417 e. The van der Waals surface area contributed by atoms with Gasteiger partial charge in [0.05, 0.1) is 12.2 Å². The first-order valence-corrected chi connectivity index (χ1v) is 13.3. The average molecular weight is 587 g/mol. The Balaban J connectivity index is 1.25. The molecule has 4 heterocycles. The number of benzene rings is 1. The minimum Gasteiger partial charge on any atom is -0.380 e. The van der Waals surface area contributed by atoms with Crippen molar-refractivity contribution in [2.24, 2.45) is 0 Å². The van der Waals surface area contributed by atoms with E-state index in [0.717, 1.165) is 17.3 Å². The van der Waals surface area contributed by atoms with Gasteiger partial charge >= 0.3 is 6.18 Å². The molecule has 3 aliphatic rings. The summed E-state index contributed by atoms with van der Waals surface area (Å²) in [5.41, 5.74) is -1.97. The smallest absolute Gasteiger partial charge is 0.380 e. The molecule has 7 nitrogen and oxygen atoms in total. The average Bonchev–Trinajstić information content (AvgIpc) is 3.22. The third-order valence-electron chi connectivity index (χ3n) is 8.20. The molecule has 0 amide bonds. The Morgan fingerprint density at radius 2 is 1.75 bits per heavy atom. The predicted octanol–water partition coefficient (Wildman–Crippen LogP) is 5.55. The molecule has 1 aromatic carbocycles. The lowest BCUT2D eigenvalue weighted by atomic mass is 9.74. The maximum absolute atomic E-state index is 13.7. The lowest BCUT2D eigenvalue weighted by Crippen LogP contribution is -2.61. The van der Waals surface area contributed by atoms with Crippen LogP contribution in [0, 0.1) is 5.82 Å². The second-order valence-electron chi connectivity index (χ2n) is 10.7. The minimum absolute atomic E-state index is 0.0402. The van der Waals surface area contributed by atoms with Gasteiger partial charge in [0.2, 0.25) is 0 Å². The van der Waals surface area contributed by atoms with E-state index in [2.05, 4.69) is 15.2 Å². The third kappa shape index (κ3) is 4.71. The SMILES string of the molecule is OC1(C(F)(F)F)CC(N2Cc3cc(Cl)ccc3-n3c(nnc3C3CCN(c4ccc(F)c(C(F)F)n4)CC3)C2)C1. The zero-order chi connectivity index (χ0) is 28.4. The van der Waals surface area contributed by atoms with Crippen molar-refractivity contribution in [1.29, 1.82) is 0 Å². The van der Waals surface area contributed by atoms with Crippen molar-refractivity contribution in [3.63, 3.8) is 0 Å². The topological polar surface area (TPSA) is 70.3 Å². The summed E-state index contributed by atoms with van der Waals surface area (Å²) in [7, 11) is 0. The Hall–Kier alpha value is -2.90. The quantitative estimate of drug-likeness (QED) is 0.405. The van der Waals surface area contributed by atoms with Crippen LogP contribution in [0.25, 0.3) is 5.69 Å². The number of piperidine rings is 1. The number of aliphatic hydroxyl groups is 1. The monoisotopic (exact) mass is 586 g/mol. The molecule has 2 aromatic heterocycles. The van der Waals surface area contributed by atoms with Crippen molar-refractivity contribution in [2.75, 3.05) is 18.0 Å². The molecule has 1 saturated carbocycles. The second kappa shape index (κ2) is 9.88. The fourth-order valence-corrected chi connectivity index (χ4v) is 6.12. The summed E-state index contributed by atoms with van der Waals surface area (Å²) in [5, 5.41) is 19.4. The second-order valence-corrected chi connectivity index (χ2v) is 11.1. The zero-order valence-corrected chi connectivity index (χ0v) is 21.8. The van der Waals surface area contributed by atoms with Crippen LogP contribution in [-0.2, 0) is 13.1 Å². The zero-order valence-electron chi connectivity index (χ0n) is 21.1. The summed E-state index contributed by atoms with van der Waals surface area (Å²) in [6, 6.07) is 7.25. The molecule has 2 fully saturated rings. The number of hydrogen-bond acceptors (Lipinski definition) is 6. The van der Waals surface area contributed by atoms with Crippen molar-refractivity contribution in [3.8, 4) is 5.69 Å². The molecule has 0 bridgehead atoms. The summed E-state index contributed by atoms with van der Waals surface area (Å²) in [6.07, 6.45) is -7.33. The van der Waals surface area contributed by atoms with Crippen molar-refractivity contribution in [1.82, 2.24) is 24.6 Å². The first-order valence-electron chi connectivity index (χ1n) is 12.9. The van der Waals surface area contributed by atoms with Gasteiger partial charge in [-0.3, -0.25) is 9.47 Å². The van der Waals surface area contributed by atoms with Gasteiger partial charge in [-0.1, -0.05) is 11.6 Å². The maximum Gasteiger partial charge on any atom is 0.417 e. The number of aromatic nitrogens is 4. The Morgan fingerprint density at radius 3 is 2.42 bits per heavy atom.